The Kier molecular flexibility index (Phi) is 9.56. The molecule has 7 nitrogen and oxygen atoms in total. The number of nitrogens with zero attached hydrogens (tertiary/aromatic N) is 4. The zero-order valence-corrected chi connectivity index (χ0v) is 17.7. The number of carbonyl (C=O) groups excluding carboxylic acids is 1. The number of carbonyl (C=O) groups is 1. The fourth-order valence-electron chi connectivity index (χ4n) is 3.92. The molecule has 2 atom stereocenters. The van der Waals surface area contributed by atoms with Crippen molar-refractivity contribution >= 4 is 36.7 Å². The lowest BCUT2D eigenvalue weighted by molar-refractivity contribution is -0.140. The van der Waals surface area contributed by atoms with Gasteiger partial charge in [0.2, 0.25) is 17.7 Å². The number of ether oxygens (including phenoxy) is 1. The molecule has 1 aromatic heterocycles. The lowest BCUT2D eigenvalue weighted by Crippen LogP contribution is -2.52. The number of methoxy groups -OCH3 is 1. The molecule has 2 N–H and O–H groups in total. The molecule has 154 valence electrons. The highest BCUT2D eigenvalue weighted by molar-refractivity contribution is 5.85. The Morgan fingerprint density at radius 2 is 1.96 bits per heavy atom. The summed E-state index contributed by atoms with van der Waals surface area (Å²) in [6.07, 6.45) is 5.49. The number of rotatable bonds is 4. The van der Waals surface area contributed by atoms with E-state index in [1.165, 1.54) is 0 Å². The molecule has 0 bridgehead atoms. The molecule has 3 rings (SSSR count). The van der Waals surface area contributed by atoms with Crippen LogP contribution in [0.4, 0.5) is 5.95 Å². The quantitative estimate of drug-likeness (QED) is 0.804. The number of aromatic nitrogens is 2. The minimum absolute atomic E-state index is 0. The van der Waals surface area contributed by atoms with Crippen LogP contribution in [0.5, 0.6) is 5.88 Å². The average molecular weight is 420 g/mol. The molecule has 0 radical (unpaired) electrons. The highest BCUT2D eigenvalue weighted by Gasteiger charge is 2.34. The highest BCUT2D eigenvalue weighted by atomic mass is 35.5. The van der Waals surface area contributed by atoms with Gasteiger partial charge < -0.3 is 20.3 Å². The fraction of sp³-hybridized carbons (Fsp3) is 0.722. The van der Waals surface area contributed by atoms with Crippen LogP contribution >= 0.6 is 24.8 Å². The lowest BCUT2D eigenvalue weighted by Gasteiger charge is -2.41. The molecule has 0 saturated carbocycles. The zero-order valence-electron chi connectivity index (χ0n) is 16.0. The number of likely N-dealkylation sites (tertiary alicyclic amines) is 1. The largest absolute Gasteiger partial charge is 0.481 e. The summed E-state index contributed by atoms with van der Waals surface area (Å²) in [7, 11) is 1.60. The Morgan fingerprint density at radius 1 is 1.26 bits per heavy atom. The van der Waals surface area contributed by atoms with Crippen molar-refractivity contribution in [2.24, 2.45) is 17.6 Å². The van der Waals surface area contributed by atoms with Gasteiger partial charge in [0.15, 0.2) is 0 Å². The van der Waals surface area contributed by atoms with Crippen molar-refractivity contribution in [3.8, 4) is 5.88 Å². The molecular formula is C18H31Cl2N5O2. The summed E-state index contributed by atoms with van der Waals surface area (Å²) in [4.78, 5) is 25.9. The van der Waals surface area contributed by atoms with Gasteiger partial charge >= 0.3 is 0 Å². The van der Waals surface area contributed by atoms with Crippen LogP contribution < -0.4 is 15.4 Å². The van der Waals surface area contributed by atoms with Gasteiger partial charge in [-0.2, -0.15) is 4.98 Å². The third-order valence-corrected chi connectivity index (χ3v) is 5.49. The summed E-state index contributed by atoms with van der Waals surface area (Å²) in [5.41, 5.74) is 5.92. The van der Waals surface area contributed by atoms with Gasteiger partial charge in [-0.05, 0) is 31.6 Å². The summed E-state index contributed by atoms with van der Waals surface area (Å²) in [6, 6.07) is 1.94. The van der Waals surface area contributed by atoms with E-state index in [1.54, 1.807) is 19.4 Å². The Balaban J connectivity index is 0.00000182. The molecule has 2 aliphatic rings. The Hall–Kier alpha value is -1.31. The summed E-state index contributed by atoms with van der Waals surface area (Å²) in [6.45, 7) is 5.24. The van der Waals surface area contributed by atoms with E-state index in [-0.39, 0.29) is 42.7 Å². The van der Waals surface area contributed by atoms with Crippen LogP contribution in [0, 0.1) is 11.8 Å². The maximum atomic E-state index is 13.0. The second-order valence-electron chi connectivity index (χ2n) is 7.21. The molecule has 2 aliphatic heterocycles. The van der Waals surface area contributed by atoms with E-state index in [1.807, 2.05) is 4.90 Å². The first-order chi connectivity index (χ1) is 12.1. The van der Waals surface area contributed by atoms with Crippen LogP contribution in [0.25, 0.3) is 0 Å². The summed E-state index contributed by atoms with van der Waals surface area (Å²) >= 11 is 0. The smallest absolute Gasteiger partial charge is 0.228 e. The molecule has 27 heavy (non-hydrogen) atoms. The standard InChI is InChI=1S/C18H29N5O2.2ClH/c1-13-4-10-23(15(11-13)12-19)17(24)14-5-8-22(9-6-14)18-20-7-3-16(21-18)25-2;;/h3,7,13-15H,4-6,8-12,19H2,1-2H3;2*1H. The molecular weight excluding hydrogens is 389 g/mol. The van der Waals surface area contributed by atoms with Crippen molar-refractivity contribution in [2.45, 2.75) is 38.6 Å². The number of piperidine rings is 2. The molecule has 3 heterocycles. The normalized spacial score (nSPS) is 23.2. The van der Waals surface area contributed by atoms with Crippen LogP contribution in [0.15, 0.2) is 12.3 Å². The van der Waals surface area contributed by atoms with Gasteiger partial charge in [0.05, 0.1) is 7.11 Å². The second-order valence-corrected chi connectivity index (χ2v) is 7.21. The first-order valence-corrected chi connectivity index (χ1v) is 9.25. The molecule has 0 aliphatic carbocycles. The van der Waals surface area contributed by atoms with Gasteiger partial charge in [-0.3, -0.25) is 4.79 Å². The van der Waals surface area contributed by atoms with Gasteiger partial charge in [0, 0.05) is 50.4 Å². The second kappa shape index (κ2) is 10.9. The third-order valence-electron chi connectivity index (χ3n) is 5.49. The molecule has 0 aromatic carbocycles. The molecule has 2 unspecified atom stereocenters. The number of amides is 1. The molecule has 0 spiro atoms. The van der Waals surface area contributed by atoms with Gasteiger partial charge in [0.1, 0.15) is 0 Å². The summed E-state index contributed by atoms with van der Waals surface area (Å²) < 4.78 is 5.17. The molecule has 2 fully saturated rings. The minimum atomic E-state index is 0. The van der Waals surface area contributed by atoms with Crippen molar-refractivity contribution in [2.75, 3.05) is 38.2 Å². The van der Waals surface area contributed by atoms with Crippen molar-refractivity contribution in [3.05, 3.63) is 12.3 Å². The predicted octanol–water partition coefficient (Wildman–Crippen LogP) is 2.13. The first-order valence-electron chi connectivity index (χ1n) is 9.25. The summed E-state index contributed by atoms with van der Waals surface area (Å²) in [5.74, 6) is 2.27. The Bertz CT molecular complexity index is 599. The van der Waals surface area contributed by atoms with Gasteiger partial charge in [-0.15, -0.1) is 24.8 Å². The molecule has 1 amide bonds. The van der Waals surface area contributed by atoms with Gasteiger partial charge in [0.25, 0.3) is 0 Å². The maximum absolute atomic E-state index is 13.0. The number of hydrogen-bond donors (Lipinski definition) is 1. The van der Waals surface area contributed by atoms with Crippen molar-refractivity contribution in [1.82, 2.24) is 14.9 Å². The zero-order chi connectivity index (χ0) is 17.8. The molecule has 1 aromatic rings. The van der Waals surface area contributed by atoms with E-state index in [2.05, 4.69) is 21.8 Å². The van der Waals surface area contributed by atoms with E-state index < -0.39 is 0 Å². The van der Waals surface area contributed by atoms with Crippen LogP contribution in [0.1, 0.15) is 32.6 Å². The van der Waals surface area contributed by atoms with E-state index in [9.17, 15) is 4.79 Å². The SMILES string of the molecule is COc1ccnc(N2CCC(C(=O)N3CCC(C)CC3CN)CC2)n1.Cl.Cl. The van der Waals surface area contributed by atoms with Crippen molar-refractivity contribution in [1.29, 1.82) is 0 Å². The van der Waals surface area contributed by atoms with E-state index in [0.717, 1.165) is 45.3 Å². The predicted molar refractivity (Wildman–Crippen MR) is 111 cm³/mol. The number of halogens is 2. The summed E-state index contributed by atoms with van der Waals surface area (Å²) in [5, 5.41) is 0. The van der Waals surface area contributed by atoms with Crippen molar-refractivity contribution in [3.63, 3.8) is 0 Å². The Labute approximate surface area is 173 Å². The van der Waals surface area contributed by atoms with Crippen LogP contribution in [-0.2, 0) is 4.79 Å². The Morgan fingerprint density at radius 3 is 2.59 bits per heavy atom. The van der Waals surface area contributed by atoms with Crippen LogP contribution in [-0.4, -0.2) is 60.1 Å². The number of hydrogen-bond acceptors (Lipinski definition) is 6. The van der Waals surface area contributed by atoms with Crippen LogP contribution in [0.3, 0.4) is 0 Å². The average Bonchev–Trinajstić information content (AvgIpc) is 2.67. The lowest BCUT2D eigenvalue weighted by atomic mass is 9.89. The van der Waals surface area contributed by atoms with E-state index in [4.69, 9.17) is 10.5 Å². The van der Waals surface area contributed by atoms with Gasteiger partial charge in [-0.25, -0.2) is 4.98 Å². The van der Waals surface area contributed by atoms with Crippen LogP contribution in [0.2, 0.25) is 0 Å². The van der Waals surface area contributed by atoms with E-state index in [0.29, 0.717) is 24.3 Å². The third kappa shape index (κ3) is 5.59. The first kappa shape index (κ1) is 23.7. The molecule has 9 heteroatoms. The fourth-order valence-corrected chi connectivity index (χ4v) is 3.92. The highest BCUT2D eigenvalue weighted by Crippen LogP contribution is 2.28. The minimum Gasteiger partial charge on any atom is -0.481 e. The maximum Gasteiger partial charge on any atom is 0.228 e. The monoisotopic (exact) mass is 419 g/mol. The topological polar surface area (TPSA) is 84.6 Å². The van der Waals surface area contributed by atoms with Crippen molar-refractivity contribution < 1.29 is 9.53 Å². The van der Waals surface area contributed by atoms with Gasteiger partial charge in [-0.1, -0.05) is 6.92 Å². The molecule has 2 saturated heterocycles. The number of anilines is 1. The van der Waals surface area contributed by atoms with E-state index >= 15 is 0 Å². The number of nitrogens with two attached hydrogens (primary N) is 1.